The van der Waals surface area contributed by atoms with Gasteiger partial charge in [-0.3, -0.25) is 0 Å². The van der Waals surface area contributed by atoms with E-state index in [1.807, 2.05) is 24.3 Å². The molecule has 0 saturated carbocycles. The maximum absolute atomic E-state index is 9.81. The summed E-state index contributed by atoms with van der Waals surface area (Å²) in [7, 11) is 0. The Morgan fingerprint density at radius 2 is 1.25 bits per heavy atom. The van der Waals surface area contributed by atoms with Crippen LogP contribution in [0.1, 0.15) is 53.1 Å². The second-order valence-corrected chi connectivity index (χ2v) is 14.0. The molecule has 0 amide bonds. The quantitative estimate of drug-likeness (QED) is 0.0979. The molecule has 0 fully saturated rings. The van der Waals surface area contributed by atoms with Crippen LogP contribution in [0.4, 0.5) is 0 Å². The minimum atomic E-state index is -0.153. The van der Waals surface area contributed by atoms with Crippen LogP contribution in [0.2, 0.25) is 0 Å². The summed E-state index contributed by atoms with van der Waals surface area (Å²) in [5.41, 5.74) is 15.6. The number of benzene rings is 7. The highest BCUT2D eigenvalue weighted by Gasteiger charge is 2.38. The molecule has 7 aromatic rings. The van der Waals surface area contributed by atoms with E-state index in [4.69, 9.17) is 15.9 Å². The highest BCUT2D eigenvalue weighted by Crippen LogP contribution is 2.52. The summed E-state index contributed by atoms with van der Waals surface area (Å²) in [4.78, 5) is 0. The standard InChI is InChI=1S/C29H27NO2.C19H14.CH3N/c1-29(2)25-11-7-6-10-22(25)28-23-14-12-20(24(17-30)19-8-4-3-5-9-19)16-27(23)32-21(18-31)13-15-26(28)29;1-13-10-11-18-16-8-3-2-6-14(16)15-7-4-5-9-17(15)19(18)12-13;1-2/h3-16,18,24,31H,17,30H2,1-2H3;2-12H,1H3;2H,1H2/b15-13-,21-18-;;. The fourth-order valence-corrected chi connectivity index (χ4v) is 8.04. The van der Waals surface area contributed by atoms with Gasteiger partial charge in [0, 0.05) is 23.4 Å². The summed E-state index contributed by atoms with van der Waals surface area (Å²) in [5.74, 6) is 1.20. The Kier molecular flexibility index (Phi) is 9.82. The van der Waals surface area contributed by atoms with E-state index in [2.05, 4.69) is 155 Å². The lowest BCUT2D eigenvalue weighted by Crippen LogP contribution is -2.16. The number of aryl methyl sites for hydroxylation is 1. The third kappa shape index (κ3) is 6.32. The second kappa shape index (κ2) is 14.8. The first-order valence-corrected chi connectivity index (χ1v) is 18.0. The third-order valence-corrected chi connectivity index (χ3v) is 10.6. The van der Waals surface area contributed by atoms with Crippen LogP contribution >= 0.6 is 0 Å². The molecule has 1 aliphatic heterocycles. The molecule has 7 aromatic carbocycles. The molecule has 53 heavy (non-hydrogen) atoms. The van der Waals surface area contributed by atoms with Crippen LogP contribution in [0, 0.1) is 12.3 Å². The number of nitrogens with one attached hydrogen (secondary N) is 1. The number of hydrogen-bond donors (Lipinski definition) is 3. The Morgan fingerprint density at radius 3 is 1.89 bits per heavy atom. The summed E-state index contributed by atoms with van der Waals surface area (Å²) in [5, 5.41) is 23.4. The number of ether oxygens (including phenoxy) is 1. The lowest BCUT2D eigenvalue weighted by molar-refractivity contribution is 0.386. The zero-order valence-electron chi connectivity index (χ0n) is 30.4. The lowest BCUT2D eigenvalue weighted by atomic mass is 9.80. The predicted octanol–water partition coefficient (Wildman–Crippen LogP) is 11.9. The van der Waals surface area contributed by atoms with Crippen molar-refractivity contribution in [3.63, 3.8) is 0 Å². The molecule has 0 aromatic heterocycles. The van der Waals surface area contributed by atoms with Crippen LogP contribution in [0.5, 0.6) is 5.75 Å². The maximum atomic E-state index is 9.81. The monoisotopic (exact) mass is 692 g/mol. The fourth-order valence-electron chi connectivity index (χ4n) is 8.04. The van der Waals surface area contributed by atoms with E-state index < -0.39 is 0 Å². The predicted molar refractivity (Wildman–Crippen MR) is 223 cm³/mol. The van der Waals surface area contributed by atoms with Crippen molar-refractivity contribution in [2.45, 2.75) is 32.1 Å². The molecule has 0 bridgehead atoms. The van der Waals surface area contributed by atoms with Crippen LogP contribution in [-0.2, 0) is 5.41 Å². The maximum Gasteiger partial charge on any atom is 0.161 e. The minimum Gasteiger partial charge on any atom is -0.512 e. The Hall–Kier alpha value is -6.23. The molecule has 262 valence electrons. The van der Waals surface area contributed by atoms with Crippen molar-refractivity contribution in [1.29, 1.82) is 5.41 Å². The fraction of sp³-hybridized carbons (Fsp3) is 0.122. The van der Waals surface area contributed by atoms with Crippen LogP contribution in [-0.4, -0.2) is 18.4 Å². The number of rotatable bonds is 3. The van der Waals surface area contributed by atoms with Crippen molar-refractivity contribution in [1.82, 2.24) is 0 Å². The molecule has 1 heterocycles. The topological polar surface area (TPSA) is 79.3 Å². The zero-order chi connectivity index (χ0) is 37.1. The zero-order valence-corrected chi connectivity index (χ0v) is 30.4. The van der Waals surface area contributed by atoms with Gasteiger partial charge in [0.2, 0.25) is 0 Å². The molecule has 9 rings (SSSR count). The number of allylic oxidation sites excluding steroid dienone is 3. The summed E-state index contributed by atoms with van der Waals surface area (Å²) in [6.07, 6.45) is 4.93. The molecule has 0 spiro atoms. The van der Waals surface area contributed by atoms with Gasteiger partial charge >= 0.3 is 0 Å². The number of aliphatic hydroxyl groups is 1. The van der Waals surface area contributed by atoms with E-state index in [1.165, 1.54) is 65.7 Å². The van der Waals surface area contributed by atoms with Crippen molar-refractivity contribution in [2.75, 3.05) is 6.54 Å². The molecule has 1 aliphatic carbocycles. The number of nitrogens with two attached hydrogens (primary N) is 1. The van der Waals surface area contributed by atoms with Crippen LogP contribution < -0.4 is 10.5 Å². The van der Waals surface area contributed by atoms with Gasteiger partial charge in [-0.25, -0.2) is 0 Å². The smallest absolute Gasteiger partial charge is 0.161 e. The molecule has 4 N–H and O–H groups in total. The van der Waals surface area contributed by atoms with Gasteiger partial charge in [-0.15, -0.1) is 0 Å². The minimum absolute atomic E-state index is 0.0633. The molecule has 4 nitrogen and oxygen atoms in total. The average molecular weight is 693 g/mol. The van der Waals surface area contributed by atoms with E-state index in [9.17, 15) is 5.11 Å². The van der Waals surface area contributed by atoms with Gasteiger partial charge in [-0.1, -0.05) is 159 Å². The molecule has 4 heteroatoms. The first kappa shape index (κ1) is 35.2. The highest BCUT2D eigenvalue weighted by atomic mass is 16.5. The molecule has 1 unspecified atom stereocenters. The van der Waals surface area contributed by atoms with E-state index in [1.54, 1.807) is 0 Å². The van der Waals surface area contributed by atoms with Crippen LogP contribution in [0.15, 0.2) is 169 Å². The number of fused-ring (bicyclic) bond motifs is 10. The van der Waals surface area contributed by atoms with Gasteiger partial charge in [0.15, 0.2) is 5.76 Å². The van der Waals surface area contributed by atoms with Crippen LogP contribution in [0.25, 0.3) is 37.9 Å². The highest BCUT2D eigenvalue weighted by molar-refractivity contribution is 6.25. The third-order valence-electron chi connectivity index (χ3n) is 10.6. The number of aliphatic hydroxyl groups excluding tert-OH is 1. The lowest BCUT2D eigenvalue weighted by Gasteiger charge is -2.24. The molecular formula is C49H44N2O2. The van der Waals surface area contributed by atoms with E-state index >= 15 is 0 Å². The summed E-state index contributed by atoms with van der Waals surface area (Å²) < 4.78 is 6.20. The van der Waals surface area contributed by atoms with Crippen molar-refractivity contribution in [2.24, 2.45) is 5.73 Å². The Balaban J connectivity index is 0.000000176. The van der Waals surface area contributed by atoms with Gasteiger partial charge in [0.25, 0.3) is 0 Å². The van der Waals surface area contributed by atoms with Crippen LogP contribution in [0.3, 0.4) is 0 Å². The summed E-state index contributed by atoms with van der Waals surface area (Å²) in [6, 6.07) is 49.3. The Bertz CT molecular complexity index is 2530. The van der Waals surface area contributed by atoms with Gasteiger partial charge in [-0.2, -0.15) is 0 Å². The number of hydrogen-bond acceptors (Lipinski definition) is 4. The first-order chi connectivity index (χ1) is 25.9. The van der Waals surface area contributed by atoms with E-state index in [-0.39, 0.29) is 11.3 Å². The SMILES string of the molecule is C=N.CC1(C)C2=C(c3ccc(C(CN)c4ccccc4)cc3OC(=C\O)/C=C\2)c2ccccc21.Cc1ccc2c3ccccc3c3ccccc3c2c1. The van der Waals surface area contributed by atoms with Gasteiger partial charge < -0.3 is 21.0 Å². The molecule has 0 saturated heterocycles. The average Bonchev–Trinajstić information content (AvgIpc) is 3.42. The largest absolute Gasteiger partial charge is 0.512 e. The van der Waals surface area contributed by atoms with E-state index in [0.717, 1.165) is 23.1 Å². The normalized spacial score (nSPS) is 15.8. The molecule has 1 atom stereocenters. The molecule has 0 radical (unpaired) electrons. The van der Waals surface area contributed by atoms with Crippen molar-refractivity contribution >= 4 is 44.6 Å². The Morgan fingerprint density at radius 1 is 0.660 bits per heavy atom. The second-order valence-electron chi connectivity index (χ2n) is 14.0. The van der Waals surface area contributed by atoms with Gasteiger partial charge in [-0.05, 0) is 91.5 Å². The molecular weight excluding hydrogens is 649 g/mol. The first-order valence-electron chi connectivity index (χ1n) is 18.0. The van der Waals surface area contributed by atoms with Crippen molar-refractivity contribution < 1.29 is 9.84 Å². The van der Waals surface area contributed by atoms with Gasteiger partial charge in [0.1, 0.15) is 12.0 Å². The summed E-state index contributed by atoms with van der Waals surface area (Å²) in [6.45, 7) is 9.65. The summed E-state index contributed by atoms with van der Waals surface area (Å²) >= 11 is 0. The van der Waals surface area contributed by atoms with Crippen molar-refractivity contribution in [3.8, 4) is 5.75 Å². The van der Waals surface area contributed by atoms with Crippen molar-refractivity contribution in [3.05, 3.63) is 203 Å². The molecule has 2 aliphatic rings. The Labute approximate surface area is 311 Å². The van der Waals surface area contributed by atoms with E-state index in [0.29, 0.717) is 12.3 Å². The van der Waals surface area contributed by atoms with Gasteiger partial charge in [0.05, 0.1) is 0 Å².